The van der Waals surface area contributed by atoms with E-state index in [0.29, 0.717) is 5.57 Å². The maximum absolute atomic E-state index is 14.5. The van der Waals surface area contributed by atoms with Crippen molar-refractivity contribution in [1.82, 2.24) is 15.1 Å². The molecule has 1 fully saturated rings. The molecule has 2 heterocycles. The monoisotopic (exact) mass is 415 g/mol. The summed E-state index contributed by atoms with van der Waals surface area (Å²) in [4.78, 5) is 16.9. The molecule has 3 unspecified atom stereocenters. The van der Waals surface area contributed by atoms with Crippen molar-refractivity contribution in [1.29, 1.82) is 0 Å². The first-order valence-electron chi connectivity index (χ1n) is 10.4. The number of nitrogens with one attached hydrogen (secondary N) is 1. The number of allylic oxidation sites excluding steroid dienone is 4. The average molecular weight is 415 g/mol. The number of halogens is 2. The summed E-state index contributed by atoms with van der Waals surface area (Å²) in [5.74, 6) is -1.11. The second-order valence-corrected chi connectivity index (χ2v) is 8.16. The molecule has 30 heavy (non-hydrogen) atoms. The van der Waals surface area contributed by atoms with E-state index in [1.807, 2.05) is 12.1 Å². The molecule has 3 aliphatic rings. The van der Waals surface area contributed by atoms with Gasteiger partial charge in [0.2, 0.25) is 0 Å². The molecule has 2 N–H and O–H groups in total. The molecule has 160 valence electrons. The number of phenolic OH excluding ortho intramolecular Hbond substituents is 1. The molecular formula is C23H27F2N3O2. The van der Waals surface area contributed by atoms with Crippen molar-refractivity contribution in [2.45, 2.75) is 31.1 Å². The molecule has 3 atom stereocenters. The average Bonchev–Trinajstić information content (AvgIpc) is 3.20. The molecule has 7 heteroatoms. The number of carbonyl (C=O) groups is 1. The SMILES string of the molecule is CN(C(=O)N1CC(C2C=C(F)C=CC2F)=CC1c1cccc(O)c1)C1CCNCC1. The third-order valence-corrected chi connectivity index (χ3v) is 6.23. The third-order valence-electron chi connectivity index (χ3n) is 6.23. The second kappa shape index (κ2) is 8.60. The topological polar surface area (TPSA) is 55.8 Å². The van der Waals surface area contributed by atoms with E-state index in [1.165, 1.54) is 12.2 Å². The van der Waals surface area contributed by atoms with Crippen LogP contribution in [0.3, 0.4) is 0 Å². The van der Waals surface area contributed by atoms with Crippen molar-refractivity contribution in [3.8, 4) is 5.75 Å². The fourth-order valence-electron chi connectivity index (χ4n) is 4.52. The molecule has 2 amide bonds. The summed E-state index contributed by atoms with van der Waals surface area (Å²) in [6, 6.07) is 6.27. The van der Waals surface area contributed by atoms with Crippen molar-refractivity contribution in [3.63, 3.8) is 0 Å². The van der Waals surface area contributed by atoms with Crippen molar-refractivity contribution in [2.75, 3.05) is 26.7 Å². The second-order valence-electron chi connectivity index (χ2n) is 8.16. The minimum Gasteiger partial charge on any atom is -0.508 e. The zero-order valence-electron chi connectivity index (χ0n) is 17.0. The van der Waals surface area contributed by atoms with Crippen LogP contribution in [0.1, 0.15) is 24.4 Å². The highest BCUT2D eigenvalue weighted by molar-refractivity contribution is 5.76. The molecule has 0 saturated carbocycles. The number of hydrogen-bond acceptors (Lipinski definition) is 3. The zero-order chi connectivity index (χ0) is 21.3. The van der Waals surface area contributed by atoms with E-state index in [-0.39, 0.29) is 24.4 Å². The van der Waals surface area contributed by atoms with Gasteiger partial charge in [0, 0.05) is 25.6 Å². The van der Waals surface area contributed by atoms with Crippen molar-refractivity contribution in [2.24, 2.45) is 5.92 Å². The van der Waals surface area contributed by atoms with Gasteiger partial charge in [0.25, 0.3) is 0 Å². The molecule has 2 aliphatic heterocycles. The van der Waals surface area contributed by atoms with E-state index in [0.717, 1.165) is 37.6 Å². The van der Waals surface area contributed by atoms with Gasteiger partial charge in [-0.05, 0) is 67.4 Å². The van der Waals surface area contributed by atoms with Gasteiger partial charge in [-0.2, -0.15) is 0 Å². The van der Waals surface area contributed by atoms with Gasteiger partial charge in [-0.15, -0.1) is 0 Å². The Hall–Kier alpha value is -2.67. The number of carbonyl (C=O) groups excluding carboxylic acids is 1. The Labute approximate surface area is 175 Å². The summed E-state index contributed by atoms with van der Waals surface area (Å²) in [5.41, 5.74) is 1.41. The highest BCUT2D eigenvalue weighted by atomic mass is 19.1. The van der Waals surface area contributed by atoms with Crippen LogP contribution in [0, 0.1) is 5.92 Å². The Balaban J connectivity index is 1.63. The van der Waals surface area contributed by atoms with Crippen molar-refractivity contribution in [3.05, 3.63) is 65.5 Å². The fourth-order valence-corrected chi connectivity index (χ4v) is 4.52. The number of rotatable bonds is 3. The van der Waals surface area contributed by atoms with Crippen molar-refractivity contribution < 1.29 is 18.7 Å². The summed E-state index contributed by atoms with van der Waals surface area (Å²) in [6.07, 6.45) is 5.89. The zero-order valence-corrected chi connectivity index (χ0v) is 17.0. The lowest BCUT2D eigenvalue weighted by Gasteiger charge is -2.36. The Morgan fingerprint density at radius 2 is 2.03 bits per heavy atom. The Morgan fingerprint density at radius 3 is 2.77 bits per heavy atom. The minimum atomic E-state index is -1.34. The number of benzene rings is 1. The van der Waals surface area contributed by atoms with Gasteiger partial charge < -0.3 is 20.2 Å². The predicted molar refractivity (Wildman–Crippen MR) is 111 cm³/mol. The number of nitrogens with zero attached hydrogens (tertiary/aromatic N) is 2. The van der Waals surface area contributed by atoms with E-state index in [9.17, 15) is 18.7 Å². The predicted octanol–water partition coefficient (Wildman–Crippen LogP) is 3.86. The van der Waals surface area contributed by atoms with Gasteiger partial charge in [-0.3, -0.25) is 0 Å². The van der Waals surface area contributed by atoms with Gasteiger partial charge in [-0.1, -0.05) is 18.2 Å². The van der Waals surface area contributed by atoms with Crippen LogP contribution in [0.25, 0.3) is 0 Å². The fraction of sp³-hybridized carbons (Fsp3) is 0.435. The summed E-state index contributed by atoms with van der Waals surface area (Å²) in [7, 11) is 1.80. The van der Waals surface area contributed by atoms with E-state index in [1.54, 1.807) is 35.0 Å². The van der Waals surface area contributed by atoms with Crippen LogP contribution >= 0.6 is 0 Å². The summed E-state index contributed by atoms with van der Waals surface area (Å²) in [6.45, 7) is 1.95. The number of aromatic hydroxyl groups is 1. The molecule has 1 aromatic rings. The Morgan fingerprint density at radius 1 is 1.27 bits per heavy atom. The largest absolute Gasteiger partial charge is 0.508 e. The van der Waals surface area contributed by atoms with Crippen molar-refractivity contribution >= 4 is 6.03 Å². The lowest BCUT2D eigenvalue weighted by Crippen LogP contribution is -2.49. The van der Waals surface area contributed by atoms with Gasteiger partial charge in [0.05, 0.1) is 6.04 Å². The standard InChI is InChI=1S/C23H27F2N3O2/c1-27(18-7-9-26-10-8-18)23(30)28-14-16(20-13-17(24)5-6-21(20)25)12-22(28)15-3-2-4-19(29)11-15/h2-6,11-13,18,20-22,26,29H,7-10,14H2,1H3. The van der Waals surface area contributed by atoms with Crippen LogP contribution in [0.5, 0.6) is 5.75 Å². The number of hydrogen-bond donors (Lipinski definition) is 2. The number of piperidine rings is 1. The molecule has 5 nitrogen and oxygen atoms in total. The molecule has 0 radical (unpaired) electrons. The Kier molecular flexibility index (Phi) is 5.90. The van der Waals surface area contributed by atoms with Crippen LogP contribution in [-0.2, 0) is 0 Å². The molecule has 0 bridgehead atoms. The van der Waals surface area contributed by atoms with E-state index in [4.69, 9.17) is 0 Å². The summed E-state index contributed by atoms with van der Waals surface area (Å²) in [5, 5.41) is 13.2. The highest BCUT2D eigenvalue weighted by Gasteiger charge is 2.38. The van der Waals surface area contributed by atoms with E-state index >= 15 is 0 Å². The van der Waals surface area contributed by atoms with Gasteiger partial charge in [-0.25, -0.2) is 13.6 Å². The normalized spacial score (nSPS) is 27.0. The van der Waals surface area contributed by atoms with Crippen LogP contribution < -0.4 is 5.32 Å². The van der Waals surface area contributed by atoms with Gasteiger partial charge >= 0.3 is 6.03 Å². The highest BCUT2D eigenvalue weighted by Crippen LogP contribution is 2.38. The number of amides is 2. The lowest BCUT2D eigenvalue weighted by atomic mass is 9.90. The third kappa shape index (κ3) is 4.12. The van der Waals surface area contributed by atoms with Crippen LogP contribution in [0.4, 0.5) is 13.6 Å². The quantitative estimate of drug-likeness (QED) is 0.738. The smallest absolute Gasteiger partial charge is 0.321 e. The number of phenols is 1. The van der Waals surface area contributed by atoms with E-state index < -0.39 is 24.0 Å². The maximum atomic E-state index is 14.5. The molecule has 1 aromatic carbocycles. The Bertz CT molecular complexity index is 892. The van der Waals surface area contributed by atoms with E-state index in [2.05, 4.69) is 5.32 Å². The van der Waals surface area contributed by atoms with Gasteiger partial charge in [0.1, 0.15) is 17.7 Å². The molecule has 1 saturated heterocycles. The first kappa shape index (κ1) is 20.6. The maximum Gasteiger partial charge on any atom is 0.321 e. The van der Waals surface area contributed by atoms with Crippen LogP contribution in [-0.4, -0.2) is 59.8 Å². The van der Waals surface area contributed by atoms with Crippen LogP contribution in [0.15, 0.2) is 60.0 Å². The summed E-state index contributed by atoms with van der Waals surface area (Å²) >= 11 is 0. The first-order chi connectivity index (χ1) is 14.4. The molecule has 0 aromatic heterocycles. The number of alkyl halides is 1. The minimum absolute atomic E-state index is 0.100. The summed E-state index contributed by atoms with van der Waals surface area (Å²) < 4.78 is 28.4. The van der Waals surface area contributed by atoms with Crippen LogP contribution in [0.2, 0.25) is 0 Å². The molecule has 0 spiro atoms. The number of urea groups is 1. The van der Waals surface area contributed by atoms with Gasteiger partial charge in [0.15, 0.2) is 0 Å². The molecule has 1 aliphatic carbocycles. The molecular weight excluding hydrogens is 388 g/mol. The first-order valence-corrected chi connectivity index (χ1v) is 10.4. The lowest BCUT2D eigenvalue weighted by molar-refractivity contribution is 0.134. The molecule has 4 rings (SSSR count).